The molecule has 1 aliphatic heterocycles. The smallest absolute Gasteiger partial charge is 0.275 e. The number of rotatable bonds is 6. The van der Waals surface area contributed by atoms with E-state index in [1.165, 1.54) is 4.90 Å². The summed E-state index contributed by atoms with van der Waals surface area (Å²) in [5.74, 6) is -0.107. The minimum atomic E-state index is -0.122. The number of quaternary nitrogens is 1. The third-order valence-corrected chi connectivity index (χ3v) is 3.38. The molecule has 21 heavy (non-hydrogen) atoms. The molecule has 3 N–H and O–H groups in total. The molecule has 2 amide bonds. The summed E-state index contributed by atoms with van der Waals surface area (Å²) in [6.45, 7) is 4.52. The molecule has 1 aliphatic rings. The lowest BCUT2D eigenvalue weighted by Gasteiger charge is -2.23. The van der Waals surface area contributed by atoms with Crippen molar-refractivity contribution in [3.8, 4) is 0 Å². The van der Waals surface area contributed by atoms with Crippen molar-refractivity contribution in [1.82, 2.24) is 10.6 Å². The third kappa shape index (κ3) is 5.53. The fraction of sp³-hybridized carbons (Fsp3) is 0.467. The first-order valence-electron chi connectivity index (χ1n) is 7.27. The molecule has 0 saturated carbocycles. The lowest BCUT2D eigenvalue weighted by molar-refractivity contribution is -0.900. The van der Waals surface area contributed by atoms with E-state index in [2.05, 4.69) is 10.6 Å². The monoisotopic (exact) mass is 292 g/mol. The standard InChI is InChI=1S/C15H21N3O3/c19-14(12-18-8-10-21-11-9-18)16-6-7-17-15(20)13-4-2-1-3-5-13/h1-5H,6-12H2,(H,16,19)(H,17,20)/p+1. The average molecular weight is 292 g/mol. The lowest BCUT2D eigenvalue weighted by atomic mass is 10.2. The number of benzene rings is 1. The molecule has 0 atom stereocenters. The Morgan fingerprint density at radius 1 is 1.05 bits per heavy atom. The highest BCUT2D eigenvalue weighted by Crippen LogP contribution is 1.96. The second-order valence-electron chi connectivity index (χ2n) is 5.01. The number of nitrogens with one attached hydrogen (secondary N) is 3. The molecule has 6 nitrogen and oxygen atoms in total. The second-order valence-corrected chi connectivity index (χ2v) is 5.01. The van der Waals surface area contributed by atoms with Gasteiger partial charge in [-0.2, -0.15) is 0 Å². The summed E-state index contributed by atoms with van der Waals surface area (Å²) in [5.41, 5.74) is 0.626. The molecule has 0 spiro atoms. The molecule has 0 unspecified atom stereocenters. The van der Waals surface area contributed by atoms with E-state index in [0.717, 1.165) is 26.3 Å². The fourth-order valence-electron chi connectivity index (χ4n) is 2.20. The Morgan fingerprint density at radius 3 is 2.43 bits per heavy atom. The molecular weight excluding hydrogens is 270 g/mol. The number of amides is 2. The van der Waals surface area contributed by atoms with Crippen molar-refractivity contribution in [3.63, 3.8) is 0 Å². The summed E-state index contributed by atoms with van der Waals surface area (Å²) in [6, 6.07) is 9.03. The topological polar surface area (TPSA) is 71.9 Å². The normalized spacial score (nSPS) is 15.4. The Bertz CT molecular complexity index is 458. The summed E-state index contributed by atoms with van der Waals surface area (Å²) in [5, 5.41) is 5.60. The van der Waals surface area contributed by atoms with Crippen LogP contribution >= 0.6 is 0 Å². The molecule has 1 aromatic carbocycles. The van der Waals surface area contributed by atoms with Crippen LogP contribution in [0.3, 0.4) is 0 Å². The van der Waals surface area contributed by atoms with Crippen LogP contribution in [-0.4, -0.2) is 57.8 Å². The van der Waals surface area contributed by atoms with E-state index in [1.807, 2.05) is 18.2 Å². The van der Waals surface area contributed by atoms with Crippen LogP contribution in [-0.2, 0) is 9.53 Å². The number of morpholine rings is 1. The maximum absolute atomic E-state index is 11.8. The third-order valence-electron chi connectivity index (χ3n) is 3.38. The predicted octanol–water partition coefficient (Wildman–Crippen LogP) is -1.55. The summed E-state index contributed by atoms with van der Waals surface area (Å²) in [6.07, 6.45) is 0. The van der Waals surface area contributed by atoms with Crippen molar-refractivity contribution >= 4 is 11.8 Å². The van der Waals surface area contributed by atoms with Gasteiger partial charge in [0.05, 0.1) is 13.2 Å². The van der Waals surface area contributed by atoms with E-state index < -0.39 is 0 Å². The van der Waals surface area contributed by atoms with E-state index in [1.54, 1.807) is 12.1 Å². The quantitative estimate of drug-likeness (QED) is 0.556. The van der Waals surface area contributed by atoms with Gasteiger partial charge in [0.2, 0.25) is 0 Å². The number of hydrogen-bond acceptors (Lipinski definition) is 3. The molecule has 1 fully saturated rings. The van der Waals surface area contributed by atoms with Gasteiger partial charge in [-0.3, -0.25) is 9.59 Å². The van der Waals surface area contributed by atoms with Crippen molar-refractivity contribution in [2.24, 2.45) is 0 Å². The zero-order valence-electron chi connectivity index (χ0n) is 12.1. The van der Waals surface area contributed by atoms with E-state index in [4.69, 9.17) is 4.74 Å². The molecule has 2 rings (SSSR count). The van der Waals surface area contributed by atoms with Crippen LogP contribution in [0.2, 0.25) is 0 Å². The Labute approximate surface area is 124 Å². The molecule has 1 saturated heterocycles. The van der Waals surface area contributed by atoms with E-state index in [9.17, 15) is 9.59 Å². The van der Waals surface area contributed by atoms with Gasteiger partial charge in [0.15, 0.2) is 6.54 Å². The van der Waals surface area contributed by atoms with Crippen LogP contribution in [0.1, 0.15) is 10.4 Å². The van der Waals surface area contributed by atoms with Gasteiger partial charge >= 0.3 is 0 Å². The van der Waals surface area contributed by atoms with Gasteiger partial charge in [-0.25, -0.2) is 0 Å². The molecule has 114 valence electrons. The Hall–Kier alpha value is -1.92. The maximum Gasteiger partial charge on any atom is 0.275 e. The number of carbonyl (C=O) groups excluding carboxylic acids is 2. The SMILES string of the molecule is O=C(C[NH+]1CCOCC1)NCCNC(=O)c1ccccc1. The highest BCUT2D eigenvalue weighted by Gasteiger charge is 2.17. The van der Waals surface area contributed by atoms with Crippen molar-refractivity contribution in [2.75, 3.05) is 45.9 Å². The van der Waals surface area contributed by atoms with Crippen LogP contribution in [0.4, 0.5) is 0 Å². The Morgan fingerprint density at radius 2 is 1.71 bits per heavy atom. The largest absolute Gasteiger partial charge is 0.370 e. The first-order valence-corrected chi connectivity index (χ1v) is 7.27. The fourth-order valence-corrected chi connectivity index (χ4v) is 2.20. The Balaban J connectivity index is 1.58. The van der Waals surface area contributed by atoms with Crippen molar-refractivity contribution in [3.05, 3.63) is 35.9 Å². The maximum atomic E-state index is 11.8. The number of ether oxygens (including phenoxy) is 1. The highest BCUT2D eigenvalue weighted by atomic mass is 16.5. The van der Waals surface area contributed by atoms with Gasteiger partial charge < -0.3 is 20.3 Å². The average Bonchev–Trinajstić information content (AvgIpc) is 2.53. The van der Waals surface area contributed by atoms with Crippen molar-refractivity contribution in [1.29, 1.82) is 0 Å². The Kier molecular flexibility index (Phi) is 6.18. The van der Waals surface area contributed by atoms with Gasteiger partial charge in [0.1, 0.15) is 13.1 Å². The molecular formula is C15H22N3O3+. The molecule has 0 radical (unpaired) electrons. The summed E-state index contributed by atoms with van der Waals surface area (Å²) < 4.78 is 5.25. The van der Waals surface area contributed by atoms with Gasteiger partial charge in [-0.05, 0) is 12.1 Å². The molecule has 0 aromatic heterocycles. The van der Waals surface area contributed by atoms with E-state index in [0.29, 0.717) is 25.2 Å². The van der Waals surface area contributed by atoms with Crippen LogP contribution in [0.15, 0.2) is 30.3 Å². The van der Waals surface area contributed by atoms with E-state index in [-0.39, 0.29) is 11.8 Å². The van der Waals surface area contributed by atoms with E-state index >= 15 is 0 Å². The summed E-state index contributed by atoms with van der Waals surface area (Å²) in [7, 11) is 0. The zero-order chi connectivity index (χ0) is 14.9. The minimum Gasteiger partial charge on any atom is -0.370 e. The van der Waals surface area contributed by atoms with Crippen LogP contribution in [0.25, 0.3) is 0 Å². The van der Waals surface area contributed by atoms with Gasteiger partial charge in [0, 0.05) is 18.7 Å². The minimum absolute atomic E-state index is 0.0147. The second kappa shape index (κ2) is 8.39. The molecule has 0 aliphatic carbocycles. The highest BCUT2D eigenvalue weighted by molar-refractivity contribution is 5.94. The predicted molar refractivity (Wildman–Crippen MR) is 78.2 cm³/mol. The van der Waals surface area contributed by atoms with Crippen molar-refractivity contribution in [2.45, 2.75) is 0 Å². The van der Waals surface area contributed by atoms with Gasteiger partial charge in [-0.1, -0.05) is 18.2 Å². The van der Waals surface area contributed by atoms with Crippen LogP contribution < -0.4 is 15.5 Å². The first-order chi connectivity index (χ1) is 10.3. The molecule has 0 bridgehead atoms. The lowest BCUT2D eigenvalue weighted by Crippen LogP contribution is -3.15. The number of hydrogen-bond donors (Lipinski definition) is 3. The summed E-state index contributed by atoms with van der Waals surface area (Å²) in [4.78, 5) is 24.7. The number of carbonyl (C=O) groups is 2. The molecule has 1 heterocycles. The zero-order valence-corrected chi connectivity index (χ0v) is 12.1. The molecule has 1 aromatic rings. The first kappa shape index (κ1) is 15.5. The van der Waals surface area contributed by atoms with Crippen LogP contribution in [0.5, 0.6) is 0 Å². The van der Waals surface area contributed by atoms with Crippen LogP contribution in [0, 0.1) is 0 Å². The summed E-state index contributed by atoms with van der Waals surface area (Å²) >= 11 is 0. The van der Waals surface area contributed by atoms with Gasteiger partial charge in [-0.15, -0.1) is 0 Å². The molecule has 6 heteroatoms. The van der Waals surface area contributed by atoms with Gasteiger partial charge in [0.25, 0.3) is 11.8 Å². The van der Waals surface area contributed by atoms with Crippen molar-refractivity contribution < 1.29 is 19.2 Å².